The molecule has 2 atom stereocenters. The Labute approximate surface area is 186 Å². The molecule has 31 heavy (non-hydrogen) atoms. The molecule has 0 saturated carbocycles. The maximum atomic E-state index is 13.0. The van der Waals surface area contributed by atoms with Crippen molar-refractivity contribution in [2.75, 3.05) is 32.7 Å². The summed E-state index contributed by atoms with van der Waals surface area (Å²) in [6.45, 7) is 7.08. The Bertz CT molecular complexity index is 851. The van der Waals surface area contributed by atoms with Gasteiger partial charge in [-0.3, -0.25) is 9.59 Å². The highest BCUT2D eigenvalue weighted by molar-refractivity contribution is 7.89. The van der Waals surface area contributed by atoms with E-state index in [0.29, 0.717) is 30.5 Å². The van der Waals surface area contributed by atoms with Gasteiger partial charge in [-0.1, -0.05) is 26.7 Å². The summed E-state index contributed by atoms with van der Waals surface area (Å²) in [7, 11) is -3.56. The molecule has 2 unspecified atom stereocenters. The Balaban J connectivity index is 1.53. The molecule has 2 aliphatic heterocycles. The molecule has 2 saturated heterocycles. The van der Waals surface area contributed by atoms with E-state index in [0.717, 1.165) is 32.4 Å². The summed E-state index contributed by atoms with van der Waals surface area (Å²) in [4.78, 5) is 26.8. The van der Waals surface area contributed by atoms with Gasteiger partial charge in [-0.05, 0) is 55.4 Å². The topological polar surface area (TPSA) is 86.8 Å². The molecular weight excluding hydrogens is 414 g/mol. The van der Waals surface area contributed by atoms with Crippen LogP contribution in [0.15, 0.2) is 29.2 Å². The first-order chi connectivity index (χ1) is 14.8. The first-order valence-electron chi connectivity index (χ1n) is 11.4. The van der Waals surface area contributed by atoms with Crippen molar-refractivity contribution in [1.29, 1.82) is 0 Å². The summed E-state index contributed by atoms with van der Waals surface area (Å²) in [6, 6.07) is 6.07. The normalized spacial score (nSPS) is 23.2. The summed E-state index contributed by atoms with van der Waals surface area (Å²) in [5.74, 6) is 0.447. The van der Waals surface area contributed by atoms with E-state index in [4.69, 9.17) is 0 Å². The summed E-state index contributed by atoms with van der Waals surface area (Å²) in [5.41, 5.74) is 0.390. The van der Waals surface area contributed by atoms with Crippen LogP contribution in [0, 0.1) is 11.8 Å². The smallest absolute Gasteiger partial charge is 0.251 e. The summed E-state index contributed by atoms with van der Waals surface area (Å²) < 4.78 is 27.5. The quantitative estimate of drug-likeness (QED) is 0.723. The maximum Gasteiger partial charge on any atom is 0.251 e. The van der Waals surface area contributed by atoms with Crippen molar-refractivity contribution in [3.05, 3.63) is 29.8 Å². The van der Waals surface area contributed by atoms with E-state index >= 15 is 0 Å². The number of hydrogen-bond acceptors (Lipinski definition) is 4. The number of nitrogens with one attached hydrogen (secondary N) is 1. The summed E-state index contributed by atoms with van der Waals surface area (Å²) >= 11 is 0. The Hall–Kier alpha value is -1.93. The average Bonchev–Trinajstić information content (AvgIpc) is 3.02. The van der Waals surface area contributed by atoms with Crippen LogP contribution in [0.4, 0.5) is 0 Å². The lowest BCUT2D eigenvalue weighted by Gasteiger charge is -2.34. The minimum Gasteiger partial charge on any atom is -0.352 e. The molecule has 0 radical (unpaired) electrons. The number of hydrogen-bond donors (Lipinski definition) is 1. The largest absolute Gasteiger partial charge is 0.352 e. The number of nitrogens with zero attached hydrogens (tertiary/aromatic N) is 2. The lowest BCUT2D eigenvalue weighted by Crippen LogP contribution is -2.42. The third-order valence-electron chi connectivity index (χ3n) is 6.17. The van der Waals surface area contributed by atoms with Crippen molar-refractivity contribution in [3.8, 4) is 0 Å². The van der Waals surface area contributed by atoms with Crippen molar-refractivity contribution >= 4 is 21.8 Å². The molecule has 0 bridgehead atoms. The molecule has 2 fully saturated rings. The fourth-order valence-electron chi connectivity index (χ4n) is 4.59. The molecule has 2 heterocycles. The highest BCUT2D eigenvalue weighted by Crippen LogP contribution is 2.26. The zero-order chi connectivity index (χ0) is 22.4. The zero-order valence-electron chi connectivity index (χ0n) is 18.7. The third kappa shape index (κ3) is 6.29. The van der Waals surface area contributed by atoms with E-state index in [1.165, 1.54) is 37.1 Å². The molecule has 7 nitrogen and oxygen atoms in total. The lowest BCUT2D eigenvalue weighted by atomic mass is 9.94. The zero-order valence-corrected chi connectivity index (χ0v) is 19.5. The maximum absolute atomic E-state index is 13.0. The highest BCUT2D eigenvalue weighted by Gasteiger charge is 2.31. The molecule has 3 rings (SSSR count). The van der Waals surface area contributed by atoms with Gasteiger partial charge in [0, 0.05) is 44.7 Å². The first-order valence-corrected chi connectivity index (χ1v) is 12.9. The molecule has 2 aliphatic rings. The third-order valence-corrected chi connectivity index (χ3v) is 8.02. The lowest BCUT2D eigenvalue weighted by molar-refractivity contribution is -0.131. The van der Waals surface area contributed by atoms with Gasteiger partial charge in [-0.15, -0.1) is 0 Å². The molecule has 2 amide bonds. The van der Waals surface area contributed by atoms with Crippen LogP contribution in [0.5, 0.6) is 0 Å². The van der Waals surface area contributed by atoms with Crippen LogP contribution >= 0.6 is 0 Å². The first kappa shape index (κ1) is 23.7. The number of amides is 2. The number of carbonyl (C=O) groups excluding carboxylic acids is 2. The van der Waals surface area contributed by atoms with E-state index < -0.39 is 10.0 Å². The van der Waals surface area contributed by atoms with Crippen LogP contribution in [0.25, 0.3) is 0 Å². The number of likely N-dealkylation sites (tertiary alicyclic amines) is 1. The van der Waals surface area contributed by atoms with Crippen LogP contribution in [0.2, 0.25) is 0 Å². The average molecular weight is 450 g/mol. The fourth-order valence-corrected chi connectivity index (χ4v) is 6.27. The second-order valence-electron chi connectivity index (χ2n) is 9.09. The van der Waals surface area contributed by atoms with Crippen LogP contribution in [-0.4, -0.2) is 62.2 Å². The Morgan fingerprint density at radius 3 is 2.13 bits per heavy atom. The predicted molar refractivity (Wildman–Crippen MR) is 120 cm³/mol. The van der Waals surface area contributed by atoms with Crippen molar-refractivity contribution < 1.29 is 18.0 Å². The van der Waals surface area contributed by atoms with Crippen LogP contribution in [0.1, 0.15) is 62.7 Å². The second kappa shape index (κ2) is 10.6. The SMILES string of the molecule is CC1CC(C)CN(S(=O)(=O)c2ccc(C(=O)NCCC(=O)N3CCCCCC3)cc2)C1. The van der Waals surface area contributed by atoms with Crippen LogP contribution in [0.3, 0.4) is 0 Å². The molecule has 0 aromatic heterocycles. The van der Waals surface area contributed by atoms with Gasteiger partial charge < -0.3 is 10.2 Å². The van der Waals surface area contributed by atoms with Gasteiger partial charge in [0.2, 0.25) is 15.9 Å². The molecule has 172 valence electrons. The molecule has 0 spiro atoms. The highest BCUT2D eigenvalue weighted by atomic mass is 32.2. The summed E-state index contributed by atoms with van der Waals surface area (Å²) in [5, 5.41) is 2.77. The van der Waals surface area contributed by atoms with E-state index in [9.17, 15) is 18.0 Å². The Kier molecular flexibility index (Phi) is 8.11. The predicted octanol–water partition coefficient (Wildman–Crippen LogP) is 2.88. The van der Waals surface area contributed by atoms with Crippen molar-refractivity contribution in [1.82, 2.24) is 14.5 Å². The van der Waals surface area contributed by atoms with Gasteiger partial charge in [0.05, 0.1) is 4.90 Å². The fraction of sp³-hybridized carbons (Fsp3) is 0.652. The van der Waals surface area contributed by atoms with Gasteiger partial charge in [0.1, 0.15) is 0 Å². The number of sulfonamides is 1. The van der Waals surface area contributed by atoms with Crippen molar-refractivity contribution in [2.24, 2.45) is 11.8 Å². The Morgan fingerprint density at radius 1 is 0.968 bits per heavy atom. The van der Waals surface area contributed by atoms with Gasteiger partial charge in [0.15, 0.2) is 0 Å². The minimum atomic E-state index is -3.56. The number of carbonyl (C=O) groups is 2. The Morgan fingerprint density at radius 2 is 1.55 bits per heavy atom. The number of benzene rings is 1. The summed E-state index contributed by atoms with van der Waals surface area (Å²) in [6.07, 6.45) is 5.74. The molecule has 1 aromatic rings. The van der Waals surface area contributed by atoms with Crippen molar-refractivity contribution in [2.45, 2.75) is 57.3 Å². The molecule has 0 aliphatic carbocycles. The number of rotatable bonds is 6. The second-order valence-corrected chi connectivity index (χ2v) is 11.0. The van der Waals surface area contributed by atoms with Gasteiger partial charge in [-0.25, -0.2) is 8.42 Å². The standard InChI is InChI=1S/C23H35N3O4S/c1-18-15-19(2)17-26(16-18)31(29,30)21-9-7-20(8-10-21)23(28)24-12-11-22(27)25-13-5-3-4-6-14-25/h7-10,18-19H,3-6,11-17H2,1-2H3,(H,24,28). The van der Waals surface area contributed by atoms with E-state index in [1.54, 1.807) is 4.31 Å². The molecule has 1 N–H and O–H groups in total. The molecule has 8 heteroatoms. The van der Waals surface area contributed by atoms with Crippen molar-refractivity contribution in [3.63, 3.8) is 0 Å². The number of piperidine rings is 1. The molecule has 1 aromatic carbocycles. The minimum absolute atomic E-state index is 0.0774. The van der Waals surface area contributed by atoms with E-state index in [-0.39, 0.29) is 29.7 Å². The van der Waals surface area contributed by atoms with E-state index in [1.807, 2.05) is 4.90 Å². The van der Waals surface area contributed by atoms with Gasteiger partial charge in [-0.2, -0.15) is 4.31 Å². The molecular formula is C23H35N3O4S. The van der Waals surface area contributed by atoms with E-state index in [2.05, 4.69) is 19.2 Å². The van der Waals surface area contributed by atoms with Crippen LogP contribution in [-0.2, 0) is 14.8 Å². The van der Waals surface area contributed by atoms with Gasteiger partial charge >= 0.3 is 0 Å². The van der Waals surface area contributed by atoms with Gasteiger partial charge in [0.25, 0.3) is 5.91 Å². The monoisotopic (exact) mass is 449 g/mol. The van der Waals surface area contributed by atoms with Crippen LogP contribution < -0.4 is 5.32 Å².